The van der Waals surface area contributed by atoms with Gasteiger partial charge in [0.2, 0.25) is 0 Å². The van der Waals surface area contributed by atoms with Gasteiger partial charge in [-0.05, 0) is 46.4 Å². The fraction of sp³-hybridized carbons (Fsp3) is 0.143. The zero-order valence-corrected chi connectivity index (χ0v) is 8.09. The van der Waals surface area contributed by atoms with E-state index < -0.39 is 0 Å². The summed E-state index contributed by atoms with van der Waals surface area (Å²) >= 11 is 0. The van der Waals surface area contributed by atoms with Crippen LogP contribution in [0.3, 0.4) is 0 Å². The van der Waals surface area contributed by atoms with Gasteiger partial charge in [-0.1, -0.05) is 36.9 Å². The van der Waals surface area contributed by atoms with Crippen molar-refractivity contribution in [2.75, 3.05) is 0 Å². The van der Waals surface area contributed by atoms with Crippen LogP contribution in [-0.2, 0) is 12.8 Å². The standard InChI is InChI=1S/C14H12/c1-2-10-3-4-13-8-11-5-6-12(11)9-14(13)7-10/h2-4,7-9H,1,5-6H2. The Morgan fingerprint density at radius 3 is 2.29 bits per heavy atom. The van der Waals surface area contributed by atoms with Crippen molar-refractivity contribution < 1.29 is 0 Å². The molecule has 0 atom stereocenters. The molecule has 1 aliphatic carbocycles. The normalized spacial score (nSPS) is 13.4. The molecule has 0 saturated heterocycles. The van der Waals surface area contributed by atoms with E-state index in [4.69, 9.17) is 0 Å². The molecule has 0 bridgehead atoms. The minimum absolute atomic E-state index is 1.21. The molecule has 14 heavy (non-hydrogen) atoms. The summed E-state index contributed by atoms with van der Waals surface area (Å²) in [5.41, 5.74) is 4.26. The topological polar surface area (TPSA) is 0 Å². The minimum atomic E-state index is 1.21. The predicted octanol–water partition coefficient (Wildman–Crippen LogP) is 3.58. The molecule has 68 valence electrons. The molecule has 0 aromatic heterocycles. The van der Waals surface area contributed by atoms with E-state index in [1.54, 1.807) is 0 Å². The van der Waals surface area contributed by atoms with Crippen molar-refractivity contribution in [1.29, 1.82) is 0 Å². The second-order valence-corrected chi connectivity index (χ2v) is 3.93. The number of rotatable bonds is 1. The van der Waals surface area contributed by atoms with Crippen molar-refractivity contribution in [3.05, 3.63) is 53.6 Å². The van der Waals surface area contributed by atoms with Crippen LogP contribution in [0.5, 0.6) is 0 Å². The van der Waals surface area contributed by atoms with E-state index in [-0.39, 0.29) is 0 Å². The van der Waals surface area contributed by atoms with E-state index in [1.165, 1.54) is 40.3 Å². The second kappa shape index (κ2) is 2.71. The molecule has 1 aliphatic rings. The molecule has 3 rings (SSSR count). The molecule has 0 fully saturated rings. The van der Waals surface area contributed by atoms with Crippen molar-refractivity contribution in [3.8, 4) is 0 Å². The van der Waals surface area contributed by atoms with Gasteiger partial charge in [-0.15, -0.1) is 0 Å². The molecule has 0 unspecified atom stereocenters. The fourth-order valence-electron chi connectivity index (χ4n) is 2.10. The van der Waals surface area contributed by atoms with Crippen molar-refractivity contribution in [3.63, 3.8) is 0 Å². The molecule has 0 heteroatoms. The molecule has 0 nitrogen and oxygen atoms in total. The first kappa shape index (κ1) is 7.81. The predicted molar refractivity (Wildman–Crippen MR) is 61.4 cm³/mol. The van der Waals surface area contributed by atoms with Gasteiger partial charge in [0.1, 0.15) is 0 Å². The van der Waals surface area contributed by atoms with E-state index in [9.17, 15) is 0 Å². The zero-order chi connectivity index (χ0) is 9.54. The van der Waals surface area contributed by atoms with Crippen LogP contribution in [0.1, 0.15) is 16.7 Å². The lowest BCUT2D eigenvalue weighted by molar-refractivity contribution is 0.844. The Labute approximate surface area is 83.9 Å². The van der Waals surface area contributed by atoms with E-state index in [2.05, 4.69) is 36.9 Å². The molecule has 2 aromatic rings. The summed E-state index contributed by atoms with van der Waals surface area (Å²) in [7, 11) is 0. The zero-order valence-electron chi connectivity index (χ0n) is 8.09. The smallest absolute Gasteiger partial charge is 0.0175 e. The van der Waals surface area contributed by atoms with E-state index >= 15 is 0 Å². The average molecular weight is 180 g/mol. The number of aryl methyl sites for hydroxylation is 2. The highest BCUT2D eigenvalue weighted by atomic mass is 14.2. The van der Waals surface area contributed by atoms with Crippen LogP contribution in [-0.4, -0.2) is 0 Å². The van der Waals surface area contributed by atoms with Crippen LogP contribution in [0.4, 0.5) is 0 Å². The summed E-state index contributed by atoms with van der Waals surface area (Å²) < 4.78 is 0. The first-order valence-corrected chi connectivity index (χ1v) is 5.05. The third kappa shape index (κ3) is 1.00. The van der Waals surface area contributed by atoms with E-state index in [0.29, 0.717) is 0 Å². The number of hydrogen-bond acceptors (Lipinski definition) is 0. The molecule has 0 heterocycles. The first-order valence-electron chi connectivity index (χ1n) is 5.05. The lowest BCUT2D eigenvalue weighted by atomic mass is 9.86. The van der Waals surface area contributed by atoms with Crippen molar-refractivity contribution in [2.45, 2.75) is 12.8 Å². The van der Waals surface area contributed by atoms with Gasteiger partial charge in [-0.2, -0.15) is 0 Å². The summed E-state index contributed by atoms with van der Waals surface area (Å²) in [6.07, 6.45) is 4.41. The Balaban J connectivity index is 2.32. The maximum Gasteiger partial charge on any atom is -0.0175 e. The Hall–Kier alpha value is -1.56. The Kier molecular flexibility index (Phi) is 1.51. The van der Waals surface area contributed by atoms with Crippen LogP contribution in [0.2, 0.25) is 0 Å². The van der Waals surface area contributed by atoms with Crippen molar-refractivity contribution >= 4 is 16.8 Å². The highest BCUT2D eigenvalue weighted by Crippen LogP contribution is 2.28. The van der Waals surface area contributed by atoms with Gasteiger partial charge in [0, 0.05) is 0 Å². The lowest BCUT2D eigenvalue weighted by Gasteiger charge is -2.19. The lowest BCUT2D eigenvalue weighted by Crippen LogP contribution is -2.07. The average Bonchev–Trinajstić information content (AvgIpc) is 2.20. The molecule has 0 radical (unpaired) electrons. The Morgan fingerprint density at radius 2 is 1.64 bits per heavy atom. The molecule has 0 spiro atoms. The quantitative estimate of drug-likeness (QED) is 0.629. The summed E-state index contributed by atoms with van der Waals surface area (Å²) in [6, 6.07) is 11.2. The van der Waals surface area contributed by atoms with Gasteiger partial charge in [0.15, 0.2) is 0 Å². The van der Waals surface area contributed by atoms with Gasteiger partial charge < -0.3 is 0 Å². The molecule has 0 N–H and O–H groups in total. The van der Waals surface area contributed by atoms with Gasteiger partial charge in [-0.3, -0.25) is 0 Å². The van der Waals surface area contributed by atoms with Gasteiger partial charge in [-0.25, -0.2) is 0 Å². The number of benzene rings is 2. The second-order valence-electron chi connectivity index (χ2n) is 3.93. The Morgan fingerprint density at radius 1 is 0.929 bits per heavy atom. The maximum atomic E-state index is 3.79. The van der Waals surface area contributed by atoms with Crippen LogP contribution in [0.25, 0.3) is 16.8 Å². The highest BCUT2D eigenvalue weighted by Gasteiger charge is 2.13. The van der Waals surface area contributed by atoms with Crippen LogP contribution >= 0.6 is 0 Å². The molecular weight excluding hydrogens is 168 g/mol. The third-order valence-corrected chi connectivity index (χ3v) is 3.08. The largest absolute Gasteiger partial charge is 0.0985 e. The van der Waals surface area contributed by atoms with Gasteiger partial charge >= 0.3 is 0 Å². The maximum absolute atomic E-state index is 3.79. The van der Waals surface area contributed by atoms with Gasteiger partial charge in [0.05, 0.1) is 0 Å². The molecule has 2 aromatic carbocycles. The first-order chi connectivity index (χ1) is 6.86. The van der Waals surface area contributed by atoms with Gasteiger partial charge in [0.25, 0.3) is 0 Å². The summed E-state index contributed by atoms with van der Waals surface area (Å²) in [5.74, 6) is 0. The summed E-state index contributed by atoms with van der Waals surface area (Å²) in [5, 5.41) is 2.70. The highest BCUT2D eigenvalue weighted by molar-refractivity contribution is 5.86. The summed E-state index contributed by atoms with van der Waals surface area (Å²) in [6.45, 7) is 3.79. The monoisotopic (exact) mass is 180 g/mol. The van der Waals surface area contributed by atoms with E-state index in [1.807, 2.05) is 6.08 Å². The van der Waals surface area contributed by atoms with Crippen LogP contribution in [0.15, 0.2) is 36.9 Å². The fourth-order valence-corrected chi connectivity index (χ4v) is 2.10. The van der Waals surface area contributed by atoms with Crippen LogP contribution in [0, 0.1) is 0 Å². The number of fused-ring (bicyclic) bond motifs is 2. The van der Waals surface area contributed by atoms with Crippen LogP contribution < -0.4 is 0 Å². The molecule has 0 aliphatic heterocycles. The molecular formula is C14H12. The summed E-state index contributed by atoms with van der Waals surface area (Å²) in [4.78, 5) is 0. The third-order valence-electron chi connectivity index (χ3n) is 3.08. The molecule has 0 saturated carbocycles. The van der Waals surface area contributed by atoms with E-state index in [0.717, 1.165) is 0 Å². The Bertz CT molecular complexity index is 521. The molecule has 0 amide bonds. The number of hydrogen-bond donors (Lipinski definition) is 0. The SMILES string of the molecule is C=Cc1ccc2cc3c(cc2c1)CC3. The van der Waals surface area contributed by atoms with Crippen molar-refractivity contribution in [2.24, 2.45) is 0 Å². The minimum Gasteiger partial charge on any atom is -0.0985 e. The van der Waals surface area contributed by atoms with Crippen molar-refractivity contribution in [1.82, 2.24) is 0 Å².